The molecule has 1 fully saturated rings. The maximum absolute atomic E-state index is 12.2. The van der Waals surface area contributed by atoms with Crippen LogP contribution < -0.4 is 5.32 Å². The van der Waals surface area contributed by atoms with Crippen molar-refractivity contribution < 1.29 is 14.4 Å². The number of halogens is 1. The number of carbonyl (C=O) groups excluding carboxylic acids is 3. The first-order valence-electron chi connectivity index (χ1n) is 6.40. The van der Waals surface area contributed by atoms with Crippen LogP contribution in [0.2, 0.25) is 5.02 Å². The first-order chi connectivity index (χ1) is 9.80. The van der Waals surface area contributed by atoms with Crippen LogP contribution in [0.1, 0.15) is 19.4 Å². The SMILES string of the molecule is CC1(C)C(=O)NC(=O)CN1C(=O)C=Cc1cccc(Cl)c1. The molecule has 0 atom stereocenters. The Hall–Kier alpha value is -2.14. The average Bonchev–Trinajstić information content (AvgIpc) is 2.40. The van der Waals surface area contributed by atoms with Gasteiger partial charge in [0.05, 0.1) is 0 Å². The van der Waals surface area contributed by atoms with Crippen LogP contribution in [0.3, 0.4) is 0 Å². The van der Waals surface area contributed by atoms with Crippen LogP contribution in [-0.4, -0.2) is 34.7 Å². The lowest BCUT2D eigenvalue weighted by Crippen LogP contribution is -2.65. The highest BCUT2D eigenvalue weighted by Crippen LogP contribution is 2.19. The van der Waals surface area contributed by atoms with E-state index in [4.69, 9.17) is 11.6 Å². The summed E-state index contributed by atoms with van der Waals surface area (Å²) >= 11 is 5.87. The van der Waals surface area contributed by atoms with Crippen molar-refractivity contribution >= 4 is 35.4 Å². The van der Waals surface area contributed by atoms with E-state index in [1.54, 1.807) is 44.2 Å². The standard InChI is InChI=1S/C15H15ClN2O3/c1-15(2)14(21)17-12(19)9-18(15)13(20)7-6-10-4-3-5-11(16)8-10/h3-8H,9H2,1-2H3,(H,17,19,21). The van der Waals surface area contributed by atoms with Crippen molar-refractivity contribution in [1.29, 1.82) is 0 Å². The predicted molar refractivity (Wildman–Crippen MR) is 79.4 cm³/mol. The van der Waals surface area contributed by atoms with E-state index in [0.717, 1.165) is 5.56 Å². The maximum Gasteiger partial charge on any atom is 0.252 e. The highest BCUT2D eigenvalue weighted by Gasteiger charge is 2.42. The number of hydrogen-bond donors (Lipinski definition) is 1. The molecule has 0 saturated carbocycles. The highest BCUT2D eigenvalue weighted by molar-refractivity contribution is 6.30. The van der Waals surface area contributed by atoms with Crippen LogP contribution in [0.4, 0.5) is 0 Å². The van der Waals surface area contributed by atoms with E-state index >= 15 is 0 Å². The fourth-order valence-corrected chi connectivity index (χ4v) is 2.20. The summed E-state index contributed by atoms with van der Waals surface area (Å²) in [7, 11) is 0. The number of hydrogen-bond acceptors (Lipinski definition) is 3. The molecule has 1 heterocycles. The molecule has 6 heteroatoms. The summed E-state index contributed by atoms with van der Waals surface area (Å²) < 4.78 is 0. The van der Waals surface area contributed by atoms with Gasteiger partial charge in [-0.1, -0.05) is 23.7 Å². The van der Waals surface area contributed by atoms with Gasteiger partial charge >= 0.3 is 0 Å². The van der Waals surface area contributed by atoms with E-state index in [0.29, 0.717) is 5.02 Å². The molecule has 5 nitrogen and oxygen atoms in total. The fourth-order valence-electron chi connectivity index (χ4n) is 2.00. The number of imide groups is 1. The molecule has 3 amide bonds. The Morgan fingerprint density at radius 3 is 2.76 bits per heavy atom. The minimum absolute atomic E-state index is 0.141. The van der Waals surface area contributed by atoms with Crippen molar-refractivity contribution in [2.24, 2.45) is 0 Å². The van der Waals surface area contributed by atoms with Crippen molar-refractivity contribution in [1.82, 2.24) is 10.2 Å². The lowest BCUT2D eigenvalue weighted by atomic mass is 9.98. The lowest BCUT2D eigenvalue weighted by Gasteiger charge is -2.39. The van der Waals surface area contributed by atoms with Gasteiger partial charge in [0, 0.05) is 11.1 Å². The van der Waals surface area contributed by atoms with Gasteiger partial charge in [0.1, 0.15) is 12.1 Å². The zero-order valence-corrected chi connectivity index (χ0v) is 12.5. The second-order valence-corrected chi connectivity index (χ2v) is 5.69. The zero-order chi connectivity index (χ0) is 15.6. The third-order valence-electron chi connectivity index (χ3n) is 3.32. The monoisotopic (exact) mass is 306 g/mol. The van der Waals surface area contributed by atoms with E-state index in [9.17, 15) is 14.4 Å². The smallest absolute Gasteiger partial charge is 0.252 e. The van der Waals surface area contributed by atoms with Crippen LogP contribution in [0.25, 0.3) is 6.08 Å². The van der Waals surface area contributed by atoms with Crippen LogP contribution in [-0.2, 0) is 14.4 Å². The quantitative estimate of drug-likeness (QED) is 0.667. The van der Waals surface area contributed by atoms with Gasteiger partial charge < -0.3 is 4.90 Å². The summed E-state index contributed by atoms with van der Waals surface area (Å²) in [6.07, 6.45) is 2.93. The Morgan fingerprint density at radius 1 is 1.38 bits per heavy atom. The molecule has 0 spiro atoms. The number of amides is 3. The summed E-state index contributed by atoms with van der Waals surface area (Å²) in [5.41, 5.74) is -0.301. The van der Waals surface area contributed by atoms with E-state index in [1.165, 1.54) is 11.0 Å². The maximum atomic E-state index is 12.2. The number of nitrogens with one attached hydrogen (secondary N) is 1. The van der Waals surface area contributed by atoms with Gasteiger partial charge in [-0.3, -0.25) is 19.7 Å². The van der Waals surface area contributed by atoms with Gasteiger partial charge in [-0.2, -0.15) is 0 Å². The van der Waals surface area contributed by atoms with Crippen molar-refractivity contribution in [3.63, 3.8) is 0 Å². The van der Waals surface area contributed by atoms with E-state index in [1.807, 2.05) is 0 Å². The molecular formula is C15H15ClN2O3. The molecule has 21 heavy (non-hydrogen) atoms. The van der Waals surface area contributed by atoms with Gasteiger partial charge in [0.15, 0.2) is 0 Å². The van der Waals surface area contributed by atoms with Gasteiger partial charge in [-0.25, -0.2) is 0 Å². The molecule has 1 aromatic carbocycles. The number of benzene rings is 1. The molecule has 0 bridgehead atoms. The molecule has 0 radical (unpaired) electrons. The van der Waals surface area contributed by atoms with Gasteiger partial charge in [0.25, 0.3) is 5.91 Å². The second-order valence-electron chi connectivity index (χ2n) is 5.25. The summed E-state index contributed by atoms with van der Waals surface area (Å²) in [5.74, 6) is -1.37. The summed E-state index contributed by atoms with van der Waals surface area (Å²) in [5, 5.41) is 2.79. The van der Waals surface area contributed by atoms with Crippen molar-refractivity contribution in [3.05, 3.63) is 40.9 Å². The molecule has 0 aliphatic carbocycles. The van der Waals surface area contributed by atoms with Gasteiger partial charge in [0.2, 0.25) is 11.8 Å². The Kier molecular flexibility index (Phi) is 4.14. The second kappa shape index (κ2) is 5.69. The van der Waals surface area contributed by atoms with Gasteiger partial charge in [-0.05, 0) is 37.6 Å². The molecule has 1 saturated heterocycles. The number of carbonyl (C=O) groups is 3. The first kappa shape index (κ1) is 15.3. The lowest BCUT2D eigenvalue weighted by molar-refractivity contribution is -0.153. The Morgan fingerprint density at radius 2 is 2.10 bits per heavy atom. The minimum atomic E-state index is -1.07. The Balaban J connectivity index is 2.19. The average molecular weight is 307 g/mol. The third-order valence-corrected chi connectivity index (χ3v) is 3.55. The number of rotatable bonds is 2. The Bertz CT molecular complexity index is 638. The first-order valence-corrected chi connectivity index (χ1v) is 6.78. The van der Waals surface area contributed by atoms with Crippen LogP contribution in [0.5, 0.6) is 0 Å². The largest absolute Gasteiger partial charge is 0.316 e. The molecule has 1 aliphatic heterocycles. The molecule has 1 aliphatic rings. The summed E-state index contributed by atoms with van der Waals surface area (Å²) in [6, 6.07) is 7.02. The predicted octanol–water partition coefficient (Wildman–Crippen LogP) is 1.62. The molecule has 1 aromatic rings. The topological polar surface area (TPSA) is 66.5 Å². The van der Waals surface area contributed by atoms with Crippen molar-refractivity contribution in [3.8, 4) is 0 Å². The summed E-state index contributed by atoms with van der Waals surface area (Å²) in [4.78, 5) is 36.7. The van der Waals surface area contributed by atoms with E-state index in [-0.39, 0.29) is 6.54 Å². The van der Waals surface area contributed by atoms with Crippen LogP contribution >= 0.6 is 11.6 Å². The number of piperazine rings is 1. The van der Waals surface area contributed by atoms with E-state index < -0.39 is 23.3 Å². The van der Waals surface area contributed by atoms with Crippen LogP contribution in [0.15, 0.2) is 30.3 Å². The summed E-state index contributed by atoms with van der Waals surface area (Å²) in [6.45, 7) is 3.05. The van der Waals surface area contributed by atoms with Crippen molar-refractivity contribution in [2.75, 3.05) is 6.54 Å². The zero-order valence-electron chi connectivity index (χ0n) is 11.7. The number of nitrogens with zero attached hydrogens (tertiary/aromatic N) is 1. The molecule has 0 aromatic heterocycles. The minimum Gasteiger partial charge on any atom is -0.316 e. The molecule has 0 unspecified atom stereocenters. The molecular weight excluding hydrogens is 292 g/mol. The third kappa shape index (κ3) is 3.31. The van der Waals surface area contributed by atoms with E-state index in [2.05, 4.69) is 5.32 Å². The molecule has 1 N–H and O–H groups in total. The van der Waals surface area contributed by atoms with Crippen LogP contribution in [0, 0.1) is 0 Å². The molecule has 2 rings (SSSR count). The van der Waals surface area contributed by atoms with Gasteiger partial charge in [-0.15, -0.1) is 0 Å². The highest BCUT2D eigenvalue weighted by atomic mass is 35.5. The van der Waals surface area contributed by atoms with Crippen molar-refractivity contribution in [2.45, 2.75) is 19.4 Å². The fraction of sp³-hybridized carbons (Fsp3) is 0.267. The molecule has 110 valence electrons. The normalized spacial score (nSPS) is 18.0. The Labute approximate surface area is 127 Å².